The van der Waals surface area contributed by atoms with Gasteiger partial charge in [0.25, 0.3) is 0 Å². The molecule has 5 nitrogen and oxygen atoms in total. The Kier molecular flexibility index (Phi) is 7.25. The molecule has 24 heavy (non-hydrogen) atoms. The molecule has 1 aliphatic rings. The lowest BCUT2D eigenvalue weighted by atomic mass is 9.91. The van der Waals surface area contributed by atoms with Gasteiger partial charge in [-0.3, -0.25) is 9.59 Å². The van der Waals surface area contributed by atoms with Crippen LogP contribution in [-0.2, 0) is 20.7 Å². The number of hydrogen-bond acceptors (Lipinski definition) is 4. The summed E-state index contributed by atoms with van der Waals surface area (Å²) in [4.78, 5) is 24.1. The molecule has 1 aliphatic heterocycles. The van der Waals surface area contributed by atoms with Crippen molar-refractivity contribution in [3.63, 3.8) is 0 Å². The Morgan fingerprint density at radius 2 is 2.08 bits per heavy atom. The maximum atomic E-state index is 12.6. The molecular formula is C19H28N2O3. The van der Waals surface area contributed by atoms with Crippen molar-refractivity contribution in [2.75, 3.05) is 13.7 Å². The summed E-state index contributed by atoms with van der Waals surface area (Å²) in [5, 5.41) is 6.53. The average Bonchev–Trinajstić information content (AvgIpc) is 2.60. The van der Waals surface area contributed by atoms with E-state index in [0.29, 0.717) is 18.9 Å². The van der Waals surface area contributed by atoms with E-state index in [2.05, 4.69) is 17.6 Å². The fourth-order valence-corrected chi connectivity index (χ4v) is 3.21. The number of rotatable bonds is 7. The molecule has 3 atom stereocenters. The van der Waals surface area contributed by atoms with Crippen LogP contribution in [0, 0.1) is 5.92 Å². The average molecular weight is 332 g/mol. The lowest BCUT2D eigenvalue weighted by Crippen LogP contribution is -2.46. The predicted molar refractivity (Wildman–Crippen MR) is 93.5 cm³/mol. The number of methoxy groups -OCH3 is 1. The lowest BCUT2D eigenvalue weighted by molar-refractivity contribution is -0.141. The Balaban J connectivity index is 1.95. The highest BCUT2D eigenvalue weighted by Crippen LogP contribution is 2.17. The number of hydrogen-bond donors (Lipinski definition) is 2. The number of amides is 1. The SMILES string of the molecule is COC(=O)CCC(Cc1ccccc1)NC(=O)[C@H]1CCN[C@@H](C)C1. The smallest absolute Gasteiger partial charge is 0.305 e. The summed E-state index contributed by atoms with van der Waals surface area (Å²) >= 11 is 0. The van der Waals surface area contributed by atoms with Crippen LogP contribution < -0.4 is 10.6 Å². The summed E-state index contributed by atoms with van der Waals surface area (Å²) in [5.41, 5.74) is 1.16. The maximum Gasteiger partial charge on any atom is 0.305 e. The zero-order valence-electron chi connectivity index (χ0n) is 14.6. The van der Waals surface area contributed by atoms with Crippen LogP contribution in [0.2, 0.25) is 0 Å². The van der Waals surface area contributed by atoms with Gasteiger partial charge >= 0.3 is 5.97 Å². The molecule has 0 radical (unpaired) electrons. The van der Waals surface area contributed by atoms with Crippen molar-refractivity contribution in [3.8, 4) is 0 Å². The first-order valence-corrected chi connectivity index (χ1v) is 8.73. The molecule has 1 saturated heterocycles. The molecule has 2 rings (SSSR count). The Labute approximate surface area is 144 Å². The molecular weight excluding hydrogens is 304 g/mol. The molecule has 0 saturated carbocycles. The third-order valence-electron chi connectivity index (χ3n) is 4.59. The summed E-state index contributed by atoms with van der Waals surface area (Å²) in [6.07, 6.45) is 3.36. The lowest BCUT2D eigenvalue weighted by Gasteiger charge is -2.29. The van der Waals surface area contributed by atoms with Crippen LogP contribution in [0.5, 0.6) is 0 Å². The number of carbonyl (C=O) groups is 2. The van der Waals surface area contributed by atoms with Gasteiger partial charge in [-0.1, -0.05) is 30.3 Å². The van der Waals surface area contributed by atoms with Crippen molar-refractivity contribution in [1.29, 1.82) is 0 Å². The Hall–Kier alpha value is -1.88. The van der Waals surface area contributed by atoms with Gasteiger partial charge in [0.05, 0.1) is 7.11 Å². The monoisotopic (exact) mass is 332 g/mol. The summed E-state index contributed by atoms with van der Waals surface area (Å²) in [6.45, 7) is 2.99. The van der Waals surface area contributed by atoms with Gasteiger partial charge in [-0.05, 0) is 44.7 Å². The second-order valence-electron chi connectivity index (χ2n) is 6.59. The van der Waals surface area contributed by atoms with Gasteiger partial charge in [-0.2, -0.15) is 0 Å². The molecule has 1 aromatic rings. The zero-order valence-corrected chi connectivity index (χ0v) is 14.6. The molecule has 0 spiro atoms. The van der Waals surface area contributed by atoms with E-state index in [9.17, 15) is 9.59 Å². The fourth-order valence-electron chi connectivity index (χ4n) is 3.21. The topological polar surface area (TPSA) is 67.4 Å². The van der Waals surface area contributed by atoms with E-state index in [-0.39, 0.29) is 23.8 Å². The van der Waals surface area contributed by atoms with E-state index in [0.717, 1.165) is 31.4 Å². The fraction of sp³-hybridized carbons (Fsp3) is 0.579. The summed E-state index contributed by atoms with van der Waals surface area (Å²) in [5.74, 6) is -0.0791. The number of nitrogens with one attached hydrogen (secondary N) is 2. The highest BCUT2D eigenvalue weighted by Gasteiger charge is 2.26. The molecule has 5 heteroatoms. The minimum Gasteiger partial charge on any atom is -0.469 e. The van der Waals surface area contributed by atoms with E-state index < -0.39 is 0 Å². The highest BCUT2D eigenvalue weighted by molar-refractivity contribution is 5.79. The molecule has 0 aliphatic carbocycles. The van der Waals surface area contributed by atoms with Gasteiger partial charge in [0.1, 0.15) is 0 Å². The van der Waals surface area contributed by atoms with Crippen LogP contribution in [0.25, 0.3) is 0 Å². The quantitative estimate of drug-likeness (QED) is 0.750. The van der Waals surface area contributed by atoms with Crippen molar-refractivity contribution in [2.24, 2.45) is 5.92 Å². The molecule has 132 valence electrons. The third kappa shape index (κ3) is 5.96. The van der Waals surface area contributed by atoms with Gasteiger partial charge in [-0.15, -0.1) is 0 Å². The van der Waals surface area contributed by atoms with Crippen LogP contribution in [0.1, 0.15) is 38.2 Å². The molecule has 0 aromatic heterocycles. The van der Waals surface area contributed by atoms with Crippen molar-refractivity contribution in [1.82, 2.24) is 10.6 Å². The molecule has 1 fully saturated rings. The first-order valence-electron chi connectivity index (χ1n) is 8.73. The van der Waals surface area contributed by atoms with Gasteiger partial charge in [0.2, 0.25) is 5.91 Å². The number of carbonyl (C=O) groups excluding carboxylic acids is 2. The number of benzene rings is 1. The van der Waals surface area contributed by atoms with E-state index in [1.807, 2.05) is 30.3 Å². The second kappa shape index (κ2) is 9.42. The third-order valence-corrected chi connectivity index (χ3v) is 4.59. The van der Waals surface area contributed by atoms with Gasteiger partial charge in [0, 0.05) is 24.4 Å². The summed E-state index contributed by atoms with van der Waals surface area (Å²) < 4.78 is 4.73. The number of esters is 1. The molecule has 1 aromatic carbocycles. The standard InChI is InChI=1S/C19H28N2O3/c1-14-12-16(10-11-20-14)19(23)21-17(8-9-18(22)24-2)13-15-6-4-3-5-7-15/h3-7,14,16-17,20H,8-13H2,1-2H3,(H,21,23)/t14-,16-,17?/m0/s1. The minimum atomic E-state index is -0.238. The Morgan fingerprint density at radius 3 is 2.75 bits per heavy atom. The Morgan fingerprint density at radius 1 is 1.33 bits per heavy atom. The van der Waals surface area contributed by atoms with Gasteiger partial charge in [0.15, 0.2) is 0 Å². The normalized spacial score (nSPS) is 21.8. The highest BCUT2D eigenvalue weighted by atomic mass is 16.5. The predicted octanol–water partition coefficient (Wildman–Crippen LogP) is 2.06. The maximum absolute atomic E-state index is 12.6. The first-order chi connectivity index (χ1) is 11.6. The molecule has 2 N–H and O–H groups in total. The van der Waals surface area contributed by atoms with Crippen molar-refractivity contribution < 1.29 is 14.3 Å². The van der Waals surface area contributed by atoms with Crippen LogP contribution in [-0.4, -0.2) is 37.6 Å². The van der Waals surface area contributed by atoms with E-state index in [1.165, 1.54) is 7.11 Å². The van der Waals surface area contributed by atoms with Crippen LogP contribution in [0.3, 0.4) is 0 Å². The van der Waals surface area contributed by atoms with Gasteiger partial charge < -0.3 is 15.4 Å². The summed E-state index contributed by atoms with van der Waals surface area (Å²) in [6, 6.07) is 10.4. The molecule has 0 bridgehead atoms. The Bertz CT molecular complexity index is 533. The van der Waals surface area contributed by atoms with Crippen LogP contribution in [0.4, 0.5) is 0 Å². The van der Waals surface area contributed by atoms with Crippen LogP contribution >= 0.6 is 0 Å². The zero-order chi connectivity index (χ0) is 17.4. The summed E-state index contributed by atoms with van der Waals surface area (Å²) in [7, 11) is 1.39. The van der Waals surface area contributed by atoms with Crippen molar-refractivity contribution in [3.05, 3.63) is 35.9 Å². The molecule has 1 heterocycles. The molecule has 1 unspecified atom stereocenters. The van der Waals surface area contributed by atoms with Crippen molar-refractivity contribution in [2.45, 2.75) is 51.1 Å². The number of piperidine rings is 1. The van der Waals surface area contributed by atoms with E-state index in [1.54, 1.807) is 0 Å². The van der Waals surface area contributed by atoms with E-state index >= 15 is 0 Å². The van der Waals surface area contributed by atoms with Crippen LogP contribution in [0.15, 0.2) is 30.3 Å². The molecule has 1 amide bonds. The second-order valence-corrected chi connectivity index (χ2v) is 6.59. The largest absolute Gasteiger partial charge is 0.469 e. The number of ether oxygens (including phenoxy) is 1. The van der Waals surface area contributed by atoms with E-state index in [4.69, 9.17) is 4.74 Å². The van der Waals surface area contributed by atoms with Crippen molar-refractivity contribution >= 4 is 11.9 Å². The minimum absolute atomic E-state index is 0.0517. The van der Waals surface area contributed by atoms with Gasteiger partial charge in [-0.25, -0.2) is 0 Å². The first kappa shape index (κ1) is 18.5.